The Morgan fingerprint density at radius 3 is 2.74 bits per heavy atom. The van der Waals surface area contributed by atoms with E-state index in [4.69, 9.17) is 16.3 Å². The van der Waals surface area contributed by atoms with Crippen molar-refractivity contribution >= 4 is 35.0 Å². The monoisotopic (exact) mass is 497 g/mol. The van der Waals surface area contributed by atoms with Crippen molar-refractivity contribution in [2.24, 2.45) is 0 Å². The number of carbonyl (C=O) groups excluding carboxylic acids is 3. The van der Waals surface area contributed by atoms with Crippen LogP contribution in [-0.2, 0) is 31.1 Å². The van der Waals surface area contributed by atoms with Crippen LogP contribution in [0.2, 0.25) is 5.02 Å². The largest absolute Gasteiger partial charge is 0.456 e. The molecule has 0 radical (unpaired) electrons. The average Bonchev–Trinajstić information content (AvgIpc) is 3.31. The van der Waals surface area contributed by atoms with Gasteiger partial charge in [0.2, 0.25) is 0 Å². The highest BCUT2D eigenvalue weighted by atomic mass is 35.5. The van der Waals surface area contributed by atoms with Gasteiger partial charge in [0.05, 0.1) is 0 Å². The van der Waals surface area contributed by atoms with E-state index < -0.39 is 24.0 Å². The Bertz CT molecular complexity index is 1290. The fourth-order valence-corrected chi connectivity index (χ4v) is 5.19. The van der Waals surface area contributed by atoms with E-state index in [0.29, 0.717) is 35.6 Å². The summed E-state index contributed by atoms with van der Waals surface area (Å²) in [5.41, 5.74) is 1.95. The molecule has 0 saturated heterocycles. The summed E-state index contributed by atoms with van der Waals surface area (Å²) >= 11 is 6.45. The van der Waals surface area contributed by atoms with Crippen molar-refractivity contribution < 1.29 is 19.1 Å². The van der Waals surface area contributed by atoms with Gasteiger partial charge >= 0.3 is 5.97 Å². The number of likely N-dealkylation sites (N-methyl/N-ethyl adjacent to an activating group) is 1. The summed E-state index contributed by atoms with van der Waals surface area (Å²) in [7, 11) is 1.58. The van der Waals surface area contributed by atoms with E-state index in [2.05, 4.69) is 15.1 Å². The summed E-state index contributed by atoms with van der Waals surface area (Å²) in [6.07, 6.45) is 4.31. The molecule has 1 fully saturated rings. The minimum Gasteiger partial charge on any atom is -0.456 e. The number of hydrogen-bond donors (Lipinski definition) is 0. The number of ketones is 1. The van der Waals surface area contributed by atoms with Crippen molar-refractivity contribution in [3.05, 3.63) is 58.1 Å². The molecule has 9 nitrogen and oxygen atoms in total. The maximum atomic E-state index is 13.2. The van der Waals surface area contributed by atoms with Gasteiger partial charge in [-0.25, -0.2) is 9.50 Å². The van der Waals surface area contributed by atoms with E-state index >= 15 is 0 Å². The molecule has 3 aromatic rings. The lowest BCUT2D eigenvalue weighted by molar-refractivity contribution is -0.157. The number of esters is 1. The minimum atomic E-state index is -1.16. The third-order valence-corrected chi connectivity index (χ3v) is 7.17. The Morgan fingerprint density at radius 2 is 2.00 bits per heavy atom. The molecule has 1 amide bonds. The lowest BCUT2D eigenvalue weighted by Gasteiger charge is -2.43. The second-order valence-electron chi connectivity index (χ2n) is 8.82. The summed E-state index contributed by atoms with van der Waals surface area (Å²) in [4.78, 5) is 48.7. The number of Topliss-reactive ketones (excluding diaryl/α,β-unsaturated/α-hetero) is 1. The van der Waals surface area contributed by atoms with E-state index in [0.717, 1.165) is 29.8 Å². The topological polar surface area (TPSA) is 107 Å². The lowest BCUT2D eigenvalue weighted by Crippen LogP contribution is -2.55. The molecule has 1 atom stereocenters. The fraction of sp³-hybridized carbons (Fsp3) is 0.440. The Balaban J connectivity index is 1.43. The number of hydrogen-bond acceptors (Lipinski definition) is 7. The lowest BCUT2D eigenvalue weighted by atomic mass is 9.74. The summed E-state index contributed by atoms with van der Waals surface area (Å²) in [6, 6.07) is 7.09. The molecule has 0 aliphatic heterocycles. The molecule has 1 aliphatic carbocycles. The second kappa shape index (κ2) is 10.1. The second-order valence-corrected chi connectivity index (χ2v) is 9.22. The van der Waals surface area contributed by atoms with Crippen LogP contribution >= 0.6 is 11.6 Å². The number of rotatable bonds is 7. The number of halogens is 1. The van der Waals surface area contributed by atoms with E-state index in [1.807, 2.05) is 13.8 Å². The van der Waals surface area contributed by atoms with Crippen LogP contribution in [0.3, 0.4) is 0 Å². The number of benzene rings is 1. The van der Waals surface area contributed by atoms with Crippen molar-refractivity contribution in [3.8, 4) is 0 Å². The van der Waals surface area contributed by atoms with Crippen LogP contribution in [0.4, 0.5) is 0 Å². The molecule has 1 aromatic carbocycles. The van der Waals surface area contributed by atoms with Crippen LogP contribution in [-0.4, -0.2) is 55.8 Å². The number of amides is 1. The predicted molar refractivity (Wildman–Crippen MR) is 129 cm³/mol. The van der Waals surface area contributed by atoms with Crippen molar-refractivity contribution in [2.75, 3.05) is 13.7 Å². The molecule has 1 aliphatic rings. The smallest absolute Gasteiger partial charge is 0.306 e. The molecule has 1 unspecified atom stereocenters. The molecule has 184 valence electrons. The zero-order valence-corrected chi connectivity index (χ0v) is 20.8. The quantitative estimate of drug-likeness (QED) is 0.460. The van der Waals surface area contributed by atoms with Gasteiger partial charge in [0.1, 0.15) is 11.9 Å². The number of carbonyl (C=O) groups is 3. The highest BCUT2D eigenvalue weighted by Crippen LogP contribution is 2.42. The molecule has 2 heterocycles. The zero-order valence-electron chi connectivity index (χ0n) is 20.1. The van der Waals surface area contributed by atoms with Gasteiger partial charge in [-0.1, -0.05) is 29.8 Å². The van der Waals surface area contributed by atoms with Gasteiger partial charge in [0, 0.05) is 41.9 Å². The molecule has 0 spiro atoms. The Morgan fingerprint density at radius 1 is 1.23 bits per heavy atom. The SMILES string of the molecule is Cc1nc2ncnn2c(C)c1CCC(=O)OCC(=O)N(C)C1(c2ccccc2Cl)CCCCC1=O. The molecule has 4 rings (SSSR count). The molecule has 0 N–H and O–H groups in total. The minimum absolute atomic E-state index is 0.0546. The first-order valence-electron chi connectivity index (χ1n) is 11.6. The predicted octanol–water partition coefficient (Wildman–Crippen LogP) is 3.37. The van der Waals surface area contributed by atoms with Crippen molar-refractivity contribution in [2.45, 2.75) is 57.9 Å². The molecule has 1 saturated carbocycles. The van der Waals surface area contributed by atoms with Crippen molar-refractivity contribution in [3.63, 3.8) is 0 Å². The third kappa shape index (κ3) is 4.65. The Labute approximate surface area is 208 Å². The molecular formula is C25H28ClN5O4. The van der Waals surface area contributed by atoms with E-state index in [-0.39, 0.29) is 12.2 Å². The van der Waals surface area contributed by atoms with Gasteiger partial charge in [0.15, 0.2) is 12.4 Å². The molecule has 0 bridgehead atoms. The number of nitrogens with zero attached hydrogens (tertiary/aromatic N) is 5. The molecular weight excluding hydrogens is 470 g/mol. The van der Waals surface area contributed by atoms with Crippen LogP contribution in [0.25, 0.3) is 5.78 Å². The number of fused-ring (bicyclic) bond motifs is 1. The highest BCUT2D eigenvalue weighted by Gasteiger charge is 2.48. The van der Waals surface area contributed by atoms with Crippen LogP contribution in [0.5, 0.6) is 0 Å². The Hall–Kier alpha value is -3.33. The molecule has 35 heavy (non-hydrogen) atoms. The van der Waals surface area contributed by atoms with Crippen molar-refractivity contribution in [1.82, 2.24) is 24.5 Å². The average molecular weight is 498 g/mol. The highest BCUT2D eigenvalue weighted by molar-refractivity contribution is 6.31. The van der Waals surface area contributed by atoms with Gasteiger partial charge < -0.3 is 9.64 Å². The van der Waals surface area contributed by atoms with Crippen LogP contribution in [0.1, 0.15) is 54.6 Å². The van der Waals surface area contributed by atoms with Crippen molar-refractivity contribution in [1.29, 1.82) is 0 Å². The number of aromatic nitrogens is 4. The maximum Gasteiger partial charge on any atom is 0.306 e. The first-order chi connectivity index (χ1) is 16.8. The van der Waals surface area contributed by atoms with Crippen LogP contribution < -0.4 is 0 Å². The summed E-state index contributed by atoms with van der Waals surface area (Å²) in [6.45, 7) is 3.30. The normalized spacial score (nSPS) is 18.0. The van der Waals surface area contributed by atoms with Gasteiger partial charge in [0.25, 0.3) is 11.7 Å². The van der Waals surface area contributed by atoms with E-state index in [1.54, 1.807) is 35.8 Å². The summed E-state index contributed by atoms with van der Waals surface area (Å²) in [5.74, 6) is -0.511. The third-order valence-electron chi connectivity index (χ3n) is 6.84. The van der Waals surface area contributed by atoms with Gasteiger partial charge in [-0.3, -0.25) is 14.4 Å². The fourth-order valence-electron chi connectivity index (χ4n) is 4.90. The molecule has 10 heteroatoms. The van der Waals surface area contributed by atoms with Crippen LogP contribution in [0, 0.1) is 13.8 Å². The first kappa shape index (κ1) is 24.8. The summed E-state index contributed by atoms with van der Waals surface area (Å²) < 4.78 is 6.93. The standard InChI is InChI=1S/C25H28ClN5O4/c1-16-18(17(2)31-24(29-16)27-15-28-31)11-12-23(34)35-14-22(33)30(3)25(13-7-6-10-21(25)32)19-8-4-5-9-20(19)26/h4-5,8-9,15H,6-7,10-14H2,1-3H3. The number of ether oxygens (including phenoxy) is 1. The molecule has 2 aromatic heterocycles. The maximum absolute atomic E-state index is 13.2. The summed E-state index contributed by atoms with van der Waals surface area (Å²) in [5, 5.41) is 4.59. The van der Waals surface area contributed by atoms with Gasteiger partial charge in [-0.2, -0.15) is 10.1 Å². The Kier molecular flexibility index (Phi) is 7.16. The zero-order chi connectivity index (χ0) is 25.2. The van der Waals surface area contributed by atoms with E-state index in [1.165, 1.54) is 11.2 Å². The van der Waals surface area contributed by atoms with Gasteiger partial charge in [-0.15, -0.1) is 0 Å². The van der Waals surface area contributed by atoms with Gasteiger partial charge in [-0.05, 0) is 51.2 Å². The number of aryl methyl sites for hydroxylation is 2. The van der Waals surface area contributed by atoms with Crippen LogP contribution in [0.15, 0.2) is 30.6 Å². The van der Waals surface area contributed by atoms with E-state index in [9.17, 15) is 14.4 Å². The first-order valence-corrected chi connectivity index (χ1v) is 12.0.